The first-order valence-corrected chi connectivity index (χ1v) is 7.52. The molecular weight excluding hydrogens is 274 g/mol. The van der Waals surface area contributed by atoms with Crippen molar-refractivity contribution in [1.29, 1.82) is 0 Å². The number of hydrogen-bond donors (Lipinski definition) is 2. The van der Waals surface area contributed by atoms with Gasteiger partial charge >= 0.3 is 0 Å². The topological polar surface area (TPSA) is 45.7 Å². The number of ether oxygens (including phenoxy) is 1. The Morgan fingerprint density at radius 2 is 1.85 bits per heavy atom. The zero-order valence-electron chi connectivity index (χ0n) is 12.4. The lowest BCUT2D eigenvalue weighted by Gasteiger charge is -2.17. The van der Waals surface area contributed by atoms with Crippen LogP contribution in [0.3, 0.4) is 0 Å². The SMILES string of the molecule is CCNC(=NCC(CC)Oc1ccccc1Cl)NCC. The normalized spacial score (nSPS) is 11.6. The molecule has 112 valence electrons. The second kappa shape index (κ2) is 9.48. The summed E-state index contributed by atoms with van der Waals surface area (Å²) in [5, 5.41) is 7.02. The van der Waals surface area contributed by atoms with Crippen LogP contribution in [0.2, 0.25) is 5.02 Å². The summed E-state index contributed by atoms with van der Waals surface area (Å²) < 4.78 is 5.91. The van der Waals surface area contributed by atoms with E-state index >= 15 is 0 Å². The van der Waals surface area contributed by atoms with Crippen molar-refractivity contribution in [2.75, 3.05) is 19.6 Å². The van der Waals surface area contributed by atoms with Crippen LogP contribution in [0.4, 0.5) is 0 Å². The molecule has 1 aromatic carbocycles. The van der Waals surface area contributed by atoms with Crippen LogP contribution in [0.25, 0.3) is 0 Å². The van der Waals surface area contributed by atoms with E-state index in [4.69, 9.17) is 16.3 Å². The van der Waals surface area contributed by atoms with E-state index in [1.807, 2.05) is 38.1 Å². The van der Waals surface area contributed by atoms with E-state index in [2.05, 4.69) is 22.5 Å². The second-order valence-corrected chi connectivity index (χ2v) is 4.74. The number of rotatable bonds is 7. The molecule has 2 N–H and O–H groups in total. The predicted molar refractivity (Wildman–Crippen MR) is 85.8 cm³/mol. The molecule has 0 aliphatic rings. The number of guanidine groups is 1. The second-order valence-electron chi connectivity index (χ2n) is 4.33. The van der Waals surface area contributed by atoms with Gasteiger partial charge in [-0.2, -0.15) is 0 Å². The molecule has 0 spiro atoms. The minimum absolute atomic E-state index is 0.0159. The first-order chi connectivity index (χ1) is 9.71. The molecule has 0 aromatic heterocycles. The summed E-state index contributed by atoms with van der Waals surface area (Å²) in [7, 11) is 0. The van der Waals surface area contributed by atoms with Crippen LogP contribution in [-0.4, -0.2) is 31.7 Å². The maximum atomic E-state index is 6.10. The monoisotopic (exact) mass is 297 g/mol. The summed E-state index contributed by atoms with van der Waals surface area (Å²) in [5.74, 6) is 1.53. The van der Waals surface area contributed by atoms with Gasteiger partial charge < -0.3 is 15.4 Å². The van der Waals surface area contributed by atoms with Crippen LogP contribution in [0, 0.1) is 0 Å². The van der Waals surface area contributed by atoms with Crippen molar-refractivity contribution in [3.63, 3.8) is 0 Å². The van der Waals surface area contributed by atoms with Gasteiger partial charge in [-0.3, -0.25) is 0 Å². The minimum Gasteiger partial charge on any atom is -0.487 e. The van der Waals surface area contributed by atoms with Gasteiger partial charge in [0.2, 0.25) is 0 Å². The Morgan fingerprint density at radius 3 is 2.40 bits per heavy atom. The quantitative estimate of drug-likeness (QED) is 0.600. The van der Waals surface area contributed by atoms with Crippen LogP contribution in [-0.2, 0) is 0 Å². The summed E-state index contributed by atoms with van der Waals surface area (Å²) in [6.07, 6.45) is 0.891. The number of hydrogen-bond acceptors (Lipinski definition) is 2. The number of para-hydroxylation sites is 1. The predicted octanol–water partition coefficient (Wildman–Crippen LogP) is 3.07. The van der Waals surface area contributed by atoms with Crippen LogP contribution < -0.4 is 15.4 Å². The fourth-order valence-electron chi connectivity index (χ4n) is 1.67. The fourth-order valence-corrected chi connectivity index (χ4v) is 1.85. The van der Waals surface area contributed by atoms with Crippen molar-refractivity contribution in [3.05, 3.63) is 29.3 Å². The van der Waals surface area contributed by atoms with E-state index in [0.717, 1.165) is 25.5 Å². The third kappa shape index (κ3) is 5.70. The number of aliphatic imine (C=N–C) groups is 1. The summed E-state index contributed by atoms with van der Waals surface area (Å²) >= 11 is 6.10. The minimum atomic E-state index is 0.0159. The van der Waals surface area contributed by atoms with Gasteiger partial charge in [0, 0.05) is 13.1 Å². The molecule has 0 radical (unpaired) electrons. The van der Waals surface area contributed by atoms with Crippen molar-refractivity contribution in [2.24, 2.45) is 4.99 Å². The Labute approximate surface area is 126 Å². The van der Waals surface area contributed by atoms with E-state index in [1.165, 1.54) is 0 Å². The molecule has 0 amide bonds. The van der Waals surface area contributed by atoms with E-state index < -0.39 is 0 Å². The highest BCUT2D eigenvalue weighted by Crippen LogP contribution is 2.24. The molecule has 1 atom stereocenters. The molecule has 20 heavy (non-hydrogen) atoms. The molecule has 0 saturated heterocycles. The molecule has 5 heteroatoms. The smallest absolute Gasteiger partial charge is 0.191 e. The molecule has 0 bridgehead atoms. The lowest BCUT2D eigenvalue weighted by molar-refractivity contribution is 0.206. The third-order valence-corrected chi connectivity index (χ3v) is 3.04. The van der Waals surface area contributed by atoms with Gasteiger partial charge in [0.1, 0.15) is 11.9 Å². The van der Waals surface area contributed by atoms with Gasteiger partial charge in [0.25, 0.3) is 0 Å². The maximum absolute atomic E-state index is 6.10. The molecule has 0 aliphatic heterocycles. The molecule has 1 rings (SSSR count). The van der Waals surface area contributed by atoms with Crippen LogP contribution in [0.5, 0.6) is 5.75 Å². The highest BCUT2D eigenvalue weighted by Gasteiger charge is 2.10. The van der Waals surface area contributed by atoms with Crippen LogP contribution in [0.15, 0.2) is 29.3 Å². The Bertz CT molecular complexity index is 415. The Kier molecular flexibility index (Phi) is 7.88. The van der Waals surface area contributed by atoms with Gasteiger partial charge in [0.15, 0.2) is 5.96 Å². The molecule has 0 aliphatic carbocycles. The first-order valence-electron chi connectivity index (χ1n) is 7.14. The van der Waals surface area contributed by atoms with Crippen molar-refractivity contribution < 1.29 is 4.74 Å². The highest BCUT2D eigenvalue weighted by atomic mass is 35.5. The molecule has 1 aromatic rings. The average Bonchev–Trinajstić information content (AvgIpc) is 2.45. The van der Waals surface area contributed by atoms with Crippen molar-refractivity contribution in [2.45, 2.75) is 33.3 Å². The maximum Gasteiger partial charge on any atom is 0.191 e. The lowest BCUT2D eigenvalue weighted by atomic mass is 10.2. The summed E-state index contributed by atoms with van der Waals surface area (Å²) in [5.41, 5.74) is 0. The van der Waals surface area contributed by atoms with Crippen molar-refractivity contribution in [1.82, 2.24) is 10.6 Å². The van der Waals surface area contributed by atoms with Crippen molar-refractivity contribution >= 4 is 17.6 Å². The van der Waals surface area contributed by atoms with Crippen LogP contribution in [0.1, 0.15) is 27.2 Å². The Morgan fingerprint density at radius 1 is 1.20 bits per heavy atom. The zero-order valence-corrected chi connectivity index (χ0v) is 13.2. The number of nitrogens with one attached hydrogen (secondary N) is 2. The number of nitrogens with zero attached hydrogens (tertiary/aromatic N) is 1. The molecule has 0 fully saturated rings. The van der Waals surface area contributed by atoms with Crippen molar-refractivity contribution in [3.8, 4) is 5.75 Å². The summed E-state index contributed by atoms with van der Waals surface area (Å²) in [4.78, 5) is 4.53. The van der Waals surface area contributed by atoms with Crippen LogP contribution >= 0.6 is 11.6 Å². The average molecular weight is 298 g/mol. The zero-order chi connectivity index (χ0) is 14.8. The third-order valence-electron chi connectivity index (χ3n) is 2.73. The summed E-state index contributed by atoms with van der Waals surface area (Å²) in [6, 6.07) is 7.52. The molecular formula is C15H24ClN3O. The van der Waals surface area contributed by atoms with E-state index in [1.54, 1.807) is 0 Å². The van der Waals surface area contributed by atoms with E-state index in [-0.39, 0.29) is 6.10 Å². The van der Waals surface area contributed by atoms with Gasteiger partial charge in [-0.25, -0.2) is 4.99 Å². The van der Waals surface area contributed by atoms with Gasteiger partial charge in [-0.1, -0.05) is 30.7 Å². The van der Waals surface area contributed by atoms with Gasteiger partial charge in [-0.15, -0.1) is 0 Å². The fraction of sp³-hybridized carbons (Fsp3) is 0.533. The standard InChI is InChI=1S/C15H24ClN3O/c1-4-12(11-19-15(17-5-2)18-6-3)20-14-10-8-7-9-13(14)16/h7-10,12H,4-6,11H2,1-3H3,(H2,17,18,19). The number of benzene rings is 1. The Hall–Kier alpha value is -1.42. The van der Waals surface area contributed by atoms with Gasteiger partial charge in [-0.05, 0) is 32.4 Å². The lowest BCUT2D eigenvalue weighted by Crippen LogP contribution is -2.38. The van der Waals surface area contributed by atoms with E-state index in [0.29, 0.717) is 17.3 Å². The Balaban J connectivity index is 2.62. The van der Waals surface area contributed by atoms with E-state index in [9.17, 15) is 0 Å². The number of halogens is 1. The molecule has 4 nitrogen and oxygen atoms in total. The van der Waals surface area contributed by atoms with Gasteiger partial charge in [0.05, 0.1) is 11.6 Å². The first kappa shape index (κ1) is 16.6. The molecule has 1 unspecified atom stereocenters. The highest BCUT2D eigenvalue weighted by molar-refractivity contribution is 6.32. The molecule has 0 heterocycles. The molecule has 0 saturated carbocycles. The summed E-state index contributed by atoms with van der Waals surface area (Å²) in [6.45, 7) is 8.45. The largest absolute Gasteiger partial charge is 0.487 e.